The molecule has 0 aliphatic carbocycles. The molecule has 0 fully saturated rings. The number of fused-ring (bicyclic) bond motifs is 3. The highest BCUT2D eigenvalue weighted by molar-refractivity contribution is 7.19. The Labute approximate surface area is 145 Å². The predicted molar refractivity (Wildman–Crippen MR) is 95.1 cm³/mol. The van der Waals surface area contributed by atoms with E-state index >= 15 is 0 Å². The van der Waals surface area contributed by atoms with Gasteiger partial charge in [-0.05, 0) is 12.5 Å². The molecule has 0 radical (unpaired) electrons. The molecule has 3 aromatic heterocycles. The molecule has 4 aromatic rings. The topological polar surface area (TPSA) is 95.8 Å². The van der Waals surface area contributed by atoms with E-state index in [0.29, 0.717) is 11.1 Å². The van der Waals surface area contributed by atoms with Crippen molar-refractivity contribution in [1.82, 2.24) is 19.3 Å². The van der Waals surface area contributed by atoms with E-state index < -0.39 is 4.92 Å². The fourth-order valence-corrected chi connectivity index (χ4v) is 3.91. The lowest BCUT2D eigenvalue weighted by atomic mass is 10.2. The van der Waals surface area contributed by atoms with Gasteiger partial charge in [0.05, 0.1) is 27.4 Å². The van der Waals surface area contributed by atoms with Crippen molar-refractivity contribution in [2.24, 2.45) is 7.05 Å². The van der Waals surface area contributed by atoms with E-state index in [1.165, 1.54) is 28.2 Å². The van der Waals surface area contributed by atoms with Crippen molar-refractivity contribution < 1.29 is 4.92 Å². The zero-order valence-corrected chi connectivity index (χ0v) is 14.3. The van der Waals surface area contributed by atoms with Crippen LogP contribution < -0.4 is 5.56 Å². The number of benzene rings is 1. The van der Waals surface area contributed by atoms with Crippen LogP contribution in [0.5, 0.6) is 0 Å². The minimum atomic E-state index is -0.456. The van der Waals surface area contributed by atoms with Crippen molar-refractivity contribution in [1.29, 1.82) is 0 Å². The smallest absolute Gasteiger partial charge is 0.291 e. The van der Waals surface area contributed by atoms with E-state index in [1.807, 2.05) is 14.0 Å². The summed E-state index contributed by atoms with van der Waals surface area (Å²) in [6, 6.07) is 6.21. The highest BCUT2D eigenvalue weighted by Gasteiger charge is 2.17. The summed E-state index contributed by atoms with van der Waals surface area (Å²) < 4.78 is 4.04. The van der Waals surface area contributed by atoms with Crippen molar-refractivity contribution in [3.63, 3.8) is 0 Å². The second-order valence-electron chi connectivity index (χ2n) is 5.74. The lowest BCUT2D eigenvalue weighted by Crippen LogP contribution is -2.24. The fourth-order valence-electron chi connectivity index (χ4n) is 2.95. The Morgan fingerprint density at radius 2 is 2.16 bits per heavy atom. The van der Waals surface area contributed by atoms with Gasteiger partial charge in [0.2, 0.25) is 0 Å². The van der Waals surface area contributed by atoms with Crippen LogP contribution in [-0.4, -0.2) is 24.3 Å². The number of hydrogen-bond donors (Lipinski definition) is 0. The molecule has 0 aliphatic rings. The lowest BCUT2D eigenvalue weighted by molar-refractivity contribution is -0.384. The number of non-ortho nitro benzene ring substituents is 1. The van der Waals surface area contributed by atoms with Crippen LogP contribution in [0, 0.1) is 17.0 Å². The minimum Gasteiger partial charge on any atom is -0.323 e. The molecule has 0 saturated carbocycles. The lowest BCUT2D eigenvalue weighted by Gasteiger charge is -2.05. The summed E-state index contributed by atoms with van der Waals surface area (Å²) in [4.78, 5) is 27.8. The Hall–Kier alpha value is -3.07. The third-order valence-electron chi connectivity index (χ3n) is 4.09. The van der Waals surface area contributed by atoms with Crippen molar-refractivity contribution in [2.45, 2.75) is 13.5 Å². The third-order valence-corrected chi connectivity index (χ3v) is 5.08. The summed E-state index contributed by atoms with van der Waals surface area (Å²) in [6.45, 7) is 2.09. The highest BCUT2D eigenvalue weighted by Crippen LogP contribution is 2.30. The first kappa shape index (κ1) is 15.5. The zero-order valence-electron chi connectivity index (χ0n) is 13.5. The van der Waals surface area contributed by atoms with Gasteiger partial charge in [-0.1, -0.05) is 12.1 Å². The first-order valence-corrected chi connectivity index (χ1v) is 8.32. The van der Waals surface area contributed by atoms with Gasteiger partial charge in [0, 0.05) is 24.6 Å². The first-order chi connectivity index (χ1) is 12.0. The van der Waals surface area contributed by atoms with Gasteiger partial charge in [-0.3, -0.25) is 14.9 Å². The molecule has 0 saturated heterocycles. The molecule has 3 heterocycles. The number of hydrogen-bond acceptors (Lipinski definition) is 6. The van der Waals surface area contributed by atoms with E-state index in [1.54, 1.807) is 22.9 Å². The van der Waals surface area contributed by atoms with Crippen LogP contribution in [0.15, 0.2) is 35.3 Å². The Bertz CT molecular complexity index is 1200. The van der Waals surface area contributed by atoms with Crippen molar-refractivity contribution in [3.05, 3.63) is 61.5 Å². The minimum absolute atomic E-state index is 0.00863. The van der Waals surface area contributed by atoms with Gasteiger partial charge in [0.1, 0.15) is 5.52 Å². The number of thiazole rings is 1. The fraction of sp³-hybridized carbons (Fsp3) is 0.188. The number of rotatable bonds is 3. The van der Waals surface area contributed by atoms with Crippen molar-refractivity contribution in [2.75, 3.05) is 0 Å². The second kappa shape index (κ2) is 5.49. The van der Waals surface area contributed by atoms with Crippen LogP contribution in [0.4, 0.5) is 5.69 Å². The number of nitrogens with zero attached hydrogens (tertiary/aromatic N) is 5. The van der Waals surface area contributed by atoms with E-state index in [-0.39, 0.29) is 17.8 Å². The first-order valence-electron chi connectivity index (χ1n) is 7.50. The van der Waals surface area contributed by atoms with Crippen molar-refractivity contribution in [3.8, 4) is 0 Å². The number of aryl methyl sites for hydroxylation is 2. The number of nitro groups is 1. The zero-order chi connectivity index (χ0) is 17.7. The maximum absolute atomic E-state index is 12.8. The molecule has 1 aromatic carbocycles. The maximum Gasteiger partial charge on any atom is 0.291 e. The third kappa shape index (κ3) is 2.40. The van der Waals surface area contributed by atoms with Crippen LogP contribution >= 0.6 is 11.3 Å². The monoisotopic (exact) mass is 355 g/mol. The van der Waals surface area contributed by atoms with Crippen LogP contribution in [0.3, 0.4) is 0 Å². The predicted octanol–water partition coefficient (Wildman–Crippen LogP) is 2.61. The molecular weight excluding hydrogens is 342 g/mol. The summed E-state index contributed by atoms with van der Waals surface area (Å²) in [6.07, 6.45) is 1.66. The van der Waals surface area contributed by atoms with Crippen LogP contribution in [0.25, 0.3) is 21.3 Å². The highest BCUT2D eigenvalue weighted by atomic mass is 32.1. The van der Waals surface area contributed by atoms with E-state index in [9.17, 15) is 14.9 Å². The Morgan fingerprint density at radius 3 is 2.92 bits per heavy atom. The van der Waals surface area contributed by atoms with Crippen LogP contribution in [-0.2, 0) is 13.6 Å². The summed E-state index contributed by atoms with van der Waals surface area (Å²) in [5.41, 5.74) is 1.70. The summed E-state index contributed by atoms with van der Waals surface area (Å²) in [5.74, 6) is 0. The summed E-state index contributed by atoms with van der Waals surface area (Å²) in [5, 5.41) is 16.9. The normalized spacial score (nSPS) is 11.4. The molecular formula is C16H13N5O3S. The average molecular weight is 355 g/mol. The molecule has 0 unspecified atom stereocenters. The number of nitro benzene ring substituents is 1. The van der Waals surface area contributed by atoms with Gasteiger partial charge in [0.15, 0.2) is 5.65 Å². The quantitative estimate of drug-likeness (QED) is 0.416. The Morgan fingerprint density at radius 1 is 1.36 bits per heavy atom. The molecule has 0 bridgehead atoms. The number of aromatic nitrogens is 4. The summed E-state index contributed by atoms with van der Waals surface area (Å²) in [7, 11) is 1.81. The second-order valence-corrected chi connectivity index (χ2v) is 6.94. The maximum atomic E-state index is 12.8. The standard InChI is InChI=1S/C16H13N5O3S/c1-9-18-15-14(25-9)12-7-17-20(16(22)13(12)19(15)2)8-10-4-3-5-11(6-10)21(23)24/h3-7H,8H2,1-2H3. The van der Waals surface area contributed by atoms with Crippen molar-refractivity contribution >= 4 is 38.3 Å². The molecule has 0 atom stereocenters. The van der Waals surface area contributed by atoms with Gasteiger partial charge in [-0.25, -0.2) is 9.67 Å². The molecule has 4 rings (SSSR count). The average Bonchev–Trinajstić information content (AvgIpc) is 3.08. The molecule has 0 N–H and O–H groups in total. The van der Waals surface area contributed by atoms with Gasteiger partial charge in [0.25, 0.3) is 11.2 Å². The SMILES string of the molecule is Cc1nc2c(s1)c1cnn(Cc3cccc([N+](=O)[O-])c3)c(=O)c1n2C. The Kier molecular flexibility index (Phi) is 3.39. The molecule has 0 aliphatic heterocycles. The van der Waals surface area contributed by atoms with Gasteiger partial charge >= 0.3 is 0 Å². The van der Waals surface area contributed by atoms with E-state index in [2.05, 4.69) is 10.1 Å². The Balaban J connectivity index is 1.85. The molecule has 0 spiro atoms. The molecule has 8 nitrogen and oxygen atoms in total. The van der Waals surface area contributed by atoms with Gasteiger partial charge in [-0.2, -0.15) is 5.10 Å². The van der Waals surface area contributed by atoms with Crippen LogP contribution in [0.2, 0.25) is 0 Å². The van der Waals surface area contributed by atoms with Gasteiger partial charge < -0.3 is 4.57 Å². The van der Waals surface area contributed by atoms with E-state index in [0.717, 1.165) is 20.7 Å². The molecule has 9 heteroatoms. The largest absolute Gasteiger partial charge is 0.323 e. The van der Waals surface area contributed by atoms with Gasteiger partial charge in [-0.15, -0.1) is 11.3 Å². The van der Waals surface area contributed by atoms with Crippen LogP contribution in [0.1, 0.15) is 10.6 Å². The summed E-state index contributed by atoms with van der Waals surface area (Å²) >= 11 is 1.53. The molecule has 25 heavy (non-hydrogen) atoms. The van der Waals surface area contributed by atoms with E-state index in [4.69, 9.17) is 0 Å². The molecule has 126 valence electrons. The molecule has 0 amide bonds.